The second-order valence-corrected chi connectivity index (χ2v) is 9.90. The molecule has 4 heteroatoms. The summed E-state index contributed by atoms with van der Waals surface area (Å²) < 4.78 is 5.60. The van der Waals surface area contributed by atoms with Gasteiger partial charge in [0.15, 0.2) is 0 Å². The third kappa shape index (κ3) is 4.79. The minimum absolute atomic E-state index is 0. The number of ether oxygens (including phenoxy) is 1. The van der Waals surface area contributed by atoms with Gasteiger partial charge in [0.05, 0.1) is 7.11 Å². The normalized spacial score (nSPS) is 27.9. The van der Waals surface area contributed by atoms with Crippen molar-refractivity contribution < 1.29 is 4.74 Å². The summed E-state index contributed by atoms with van der Waals surface area (Å²) in [6.07, 6.45) is 5.13. The quantitative estimate of drug-likeness (QED) is 0.616. The standard InChI is InChI=1S/C24H40N2O.ClH/c1-7-12-25-13-15-26(16-14-25)22-17-20(27-6)8-9-21(22)24(5)11-10-23(3,4)18-19(24)2;/h8-9,17,19H,7,10-16,18H2,1-6H3;1H. The SMILES string of the molecule is CCCN1CCN(c2cc(OC)ccc2C2(C)CCC(C)(C)CC2C)CC1.Cl. The molecule has 2 atom stereocenters. The van der Waals surface area contributed by atoms with Crippen LogP contribution in [-0.4, -0.2) is 44.7 Å². The summed E-state index contributed by atoms with van der Waals surface area (Å²) in [5.74, 6) is 1.67. The average Bonchev–Trinajstić information content (AvgIpc) is 2.65. The van der Waals surface area contributed by atoms with E-state index in [1.54, 1.807) is 7.11 Å². The Morgan fingerprint density at radius 3 is 2.32 bits per heavy atom. The smallest absolute Gasteiger partial charge is 0.120 e. The number of hydrogen-bond acceptors (Lipinski definition) is 3. The highest BCUT2D eigenvalue weighted by Crippen LogP contribution is 2.52. The molecule has 0 aromatic heterocycles. The van der Waals surface area contributed by atoms with E-state index in [2.05, 4.69) is 62.6 Å². The lowest BCUT2D eigenvalue weighted by atomic mass is 9.58. The van der Waals surface area contributed by atoms with E-state index in [9.17, 15) is 0 Å². The van der Waals surface area contributed by atoms with Crippen LogP contribution >= 0.6 is 12.4 Å². The Bertz CT molecular complexity index is 639. The summed E-state index contributed by atoms with van der Waals surface area (Å²) >= 11 is 0. The molecule has 0 radical (unpaired) electrons. The van der Waals surface area contributed by atoms with Gasteiger partial charge in [-0.1, -0.05) is 40.7 Å². The first-order chi connectivity index (χ1) is 12.8. The number of piperazine rings is 1. The van der Waals surface area contributed by atoms with Crippen molar-refractivity contribution in [3.63, 3.8) is 0 Å². The Kier molecular flexibility index (Phi) is 7.72. The predicted octanol–water partition coefficient (Wildman–Crippen LogP) is 5.75. The lowest BCUT2D eigenvalue weighted by Crippen LogP contribution is -2.48. The third-order valence-corrected chi connectivity index (χ3v) is 7.34. The van der Waals surface area contributed by atoms with E-state index >= 15 is 0 Å². The summed E-state index contributed by atoms with van der Waals surface area (Å²) in [7, 11) is 1.78. The summed E-state index contributed by atoms with van der Waals surface area (Å²) in [5.41, 5.74) is 3.67. The largest absolute Gasteiger partial charge is 0.497 e. The zero-order valence-electron chi connectivity index (χ0n) is 18.9. The molecule has 160 valence electrons. The molecule has 3 nitrogen and oxygen atoms in total. The molecule has 0 spiro atoms. The Morgan fingerprint density at radius 2 is 1.75 bits per heavy atom. The molecule has 0 bridgehead atoms. The van der Waals surface area contributed by atoms with Crippen LogP contribution < -0.4 is 9.64 Å². The first-order valence-corrected chi connectivity index (χ1v) is 10.9. The van der Waals surface area contributed by atoms with Crippen molar-refractivity contribution in [3.05, 3.63) is 23.8 Å². The van der Waals surface area contributed by atoms with Crippen molar-refractivity contribution in [2.24, 2.45) is 11.3 Å². The van der Waals surface area contributed by atoms with Crippen LogP contribution in [0.4, 0.5) is 5.69 Å². The lowest BCUT2D eigenvalue weighted by Gasteiger charge is -2.49. The molecule has 0 amide bonds. The molecule has 1 aliphatic heterocycles. The maximum Gasteiger partial charge on any atom is 0.120 e. The fourth-order valence-corrected chi connectivity index (χ4v) is 5.31. The van der Waals surface area contributed by atoms with E-state index in [0.717, 1.165) is 18.8 Å². The second kappa shape index (κ2) is 9.26. The highest BCUT2D eigenvalue weighted by molar-refractivity contribution is 5.85. The van der Waals surface area contributed by atoms with Crippen LogP contribution in [0.3, 0.4) is 0 Å². The number of methoxy groups -OCH3 is 1. The Balaban J connectivity index is 0.00000280. The van der Waals surface area contributed by atoms with E-state index in [1.165, 1.54) is 56.6 Å². The van der Waals surface area contributed by atoms with E-state index in [0.29, 0.717) is 11.3 Å². The summed E-state index contributed by atoms with van der Waals surface area (Å²) in [4.78, 5) is 5.21. The maximum atomic E-state index is 5.60. The van der Waals surface area contributed by atoms with Crippen molar-refractivity contribution in [2.45, 2.75) is 65.7 Å². The molecule has 2 aliphatic rings. The van der Waals surface area contributed by atoms with Crippen LogP contribution in [0.15, 0.2) is 18.2 Å². The zero-order valence-corrected chi connectivity index (χ0v) is 19.7. The van der Waals surface area contributed by atoms with Gasteiger partial charge in [0.25, 0.3) is 0 Å². The summed E-state index contributed by atoms with van der Waals surface area (Å²) in [6, 6.07) is 6.83. The average molecular weight is 409 g/mol. The number of nitrogens with zero attached hydrogens (tertiary/aromatic N) is 2. The number of anilines is 1. The second-order valence-electron chi connectivity index (χ2n) is 9.90. The molecule has 1 saturated carbocycles. The molecule has 3 rings (SSSR count). The van der Waals surface area contributed by atoms with E-state index in [-0.39, 0.29) is 17.8 Å². The van der Waals surface area contributed by atoms with Gasteiger partial charge in [-0.2, -0.15) is 0 Å². The molecule has 1 aliphatic carbocycles. The Labute approximate surface area is 179 Å². The van der Waals surface area contributed by atoms with E-state index < -0.39 is 0 Å². The van der Waals surface area contributed by atoms with Gasteiger partial charge in [0.2, 0.25) is 0 Å². The van der Waals surface area contributed by atoms with Crippen molar-refractivity contribution in [1.82, 2.24) is 4.90 Å². The minimum atomic E-state index is 0. The third-order valence-electron chi connectivity index (χ3n) is 7.34. The van der Waals surface area contributed by atoms with Crippen molar-refractivity contribution in [2.75, 3.05) is 44.7 Å². The first kappa shape index (κ1) is 23.3. The van der Waals surface area contributed by atoms with Gasteiger partial charge in [-0.15, -0.1) is 12.4 Å². The fourth-order valence-electron chi connectivity index (χ4n) is 5.31. The van der Waals surface area contributed by atoms with E-state index in [4.69, 9.17) is 4.74 Å². The molecule has 1 aromatic carbocycles. The minimum Gasteiger partial charge on any atom is -0.497 e. The summed E-state index contributed by atoms with van der Waals surface area (Å²) in [6.45, 7) is 17.9. The van der Waals surface area contributed by atoms with Crippen LogP contribution in [0, 0.1) is 11.3 Å². The Hall–Kier alpha value is -0.930. The molecule has 2 unspecified atom stereocenters. The van der Waals surface area contributed by atoms with Crippen LogP contribution in [0.2, 0.25) is 0 Å². The molecular formula is C24H41ClN2O. The fraction of sp³-hybridized carbons (Fsp3) is 0.750. The summed E-state index contributed by atoms with van der Waals surface area (Å²) in [5, 5.41) is 0. The van der Waals surface area contributed by atoms with Crippen molar-refractivity contribution in [3.8, 4) is 5.75 Å². The zero-order chi connectivity index (χ0) is 19.7. The van der Waals surface area contributed by atoms with Gasteiger partial charge in [0, 0.05) is 37.9 Å². The topological polar surface area (TPSA) is 15.7 Å². The first-order valence-electron chi connectivity index (χ1n) is 10.9. The highest BCUT2D eigenvalue weighted by atomic mass is 35.5. The number of hydrogen-bond donors (Lipinski definition) is 0. The maximum absolute atomic E-state index is 5.60. The molecule has 1 aromatic rings. The lowest BCUT2D eigenvalue weighted by molar-refractivity contribution is 0.109. The van der Waals surface area contributed by atoms with Gasteiger partial charge in [-0.3, -0.25) is 4.90 Å². The molecular weight excluding hydrogens is 368 g/mol. The van der Waals surface area contributed by atoms with Crippen LogP contribution in [0.5, 0.6) is 5.75 Å². The predicted molar refractivity (Wildman–Crippen MR) is 123 cm³/mol. The number of halogens is 1. The highest BCUT2D eigenvalue weighted by Gasteiger charge is 2.43. The van der Waals surface area contributed by atoms with E-state index in [1.807, 2.05) is 0 Å². The molecule has 2 fully saturated rings. The van der Waals surface area contributed by atoms with Gasteiger partial charge < -0.3 is 9.64 Å². The van der Waals surface area contributed by atoms with Gasteiger partial charge in [-0.25, -0.2) is 0 Å². The van der Waals surface area contributed by atoms with Gasteiger partial charge in [-0.05, 0) is 60.6 Å². The Morgan fingerprint density at radius 1 is 1.07 bits per heavy atom. The van der Waals surface area contributed by atoms with Crippen molar-refractivity contribution >= 4 is 18.1 Å². The number of rotatable bonds is 5. The van der Waals surface area contributed by atoms with Crippen molar-refractivity contribution in [1.29, 1.82) is 0 Å². The van der Waals surface area contributed by atoms with Gasteiger partial charge >= 0.3 is 0 Å². The van der Waals surface area contributed by atoms with Crippen LogP contribution in [-0.2, 0) is 5.41 Å². The number of benzene rings is 1. The molecule has 0 N–H and O–H groups in total. The van der Waals surface area contributed by atoms with Gasteiger partial charge in [0.1, 0.15) is 5.75 Å². The molecule has 1 saturated heterocycles. The van der Waals surface area contributed by atoms with Crippen LogP contribution in [0.25, 0.3) is 0 Å². The molecule has 1 heterocycles. The van der Waals surface area contributed by atoms with Crippen LogP contribution in [0.1, 0.15) is 65.9 Å². The monoisotopic (exact) mass is 408 g/mol. The molecule has 28 heavy (non-hydrogen) atoms.